The van der Waals surface area contributed by atoms with Crippen molar-refractivity contribution in [1.29, 1.82) is 0 Å². The molecular formula is C10H10BrNO3. The molecule has 0 N–H and O–H groups in total. The Balaban J connectivity index is 2.58. The first-order valence-corrected chi connectivity index (χ1v) is 5.20. The van der Waals surface area contributed by atoms with Gasteiger partial charge in [-0.15, -0.1) is 0 Å². The molecule has 0 unspecified atom stereocenters. The summed E-state index contributed by atoms with van der Waals surface area (Å²) in [4.78, 5) is 13.0. The van der Waals surface area contributed by atoms with E-state index in [0.717, 1.165) is 10.2 Å². The van der Waals surface area contributed by atoms with Crippen LogP contribution in [0.3, 0.4) is 0 Å². The molecule has 0 atom stereocenters. The zero-order chi connectivity index (χ0) is 11.0. The van der Waals surface area contributed by atoms with Crippen molar-refractivity contribution in [3.05, 3.63) is 16.6 Å². The molecule has 0 spiro atoms. The fraction of sp³-hybridized carbons (Fsp3) is 0.300. The first-order chi connectivity index (χ1) is 7.15. The number of likely N-dealkylation sites (N-methyl/N-ethyl adjacent to an activating group) is 1. The summed E-state index contributed by atoms with van der Waals surface area (Å²) in [6.07, 6.45) is 0. The van der Waals surface area contributed by atoms with E-state index in [1.54, 1.807) is 19.1 Å². The van der Waals surface area contributed by atoms with Crippen LogP contribution in [0.15, 0.2) is 16.6 Å². The molecule has 1 aromatic rings. The maximum absolute atomic E-state index is 11.4. The molecule has 80 valence electrons. The summed E-state index contributed by atoms with van der Waals surface area (Å²) in [7, 11) is 3.29. The third-order valence-corrected chi connectivity index (χ3v) is 2.95. The van der Waals surface area contributed by atoms with E-state index < -0.39 is 0 Å². The molecule has 0 aliphatic carbocycles. The molecule has 1 aliphatic heterocycles. The Morgan fingerprint density at radius 1 is 1.53 bits per heavy atom. The molecule has 5 heteroatoms. The maximum Gasteiger partial charge on any atom is 0.264 e. The molecule has 1 heterocycles. The van der Waals surface area contributed by atoms with Crippen LogP contribution in [0, 0.1) is 0 Å². The van der Waals surface area contributed by atoms with Crippen molar-refractivity contribution in [3.8, 4) is 11.5 Å². The summed E-state index contributed by atoms with van der Waals surface area (Å²) in [5.74, 6) is 1.16. The van der Waals surface area contributed by atoms with E-state index in [1.165, 1.54) is 0 Å². The first-order valence-electron chi connectivity index (χ1n) is 4.41. The molecule has 1 aromatic carbocycles. The van der Waals surface area contributed by atoms with Gasteiger partial charge in [-0.2, -0.15) is 0 Å². The Labute approximate surface area is 95.9 Å². The number of amides is 1. The molecule has 2 rings (SSSR count). The second-order valence-corrected chi connectivity index (χ2v) is 4.02. The van der Waals surface area contributed by atoms with E-state index in [0.29, 0.717) is 11.5 Å². The highest BCUT2D eigenvalue weighted by molar-refractivity contribution is 9.10. The van der Waals surface area contributed by atoms with E-state index in [-0.39, 0.29) is 12.5 Å². The van der Waals surface area contributed by atoms with E-state index in [4.69, 9.17) is 9.47 Å². The fourth-order valence-electron chi connectivity index (χ4n) is 1.49. The monoisotopic (exact) mass is 271 g/mol. The van der Waals surface area contributed by atoms with Crippen LogP contribution in [0.5, 0.6) is 11.5 Å². The minimum atomic E-state index is -0.0631. The summed E-state index contributed by atoms with van der Waals surface area (Å²) in [6, 6.07) is 3.65. The van der Waals surface area contributed by atoms with Crippen molar-refractivity contribution in [2.24, 2.45) is 0 Å². The lowest BCUT2D eigenvalue weighted by Gasteiger charge is -2.27. The number of ether oxygens (including phenoxy) is 2. The number of methoxy groups -OCH3 is 1. The van der Waals surface area contributed by atoms with Gasteiger partial charge in [-0.25, -0.2) is 0 Å². The standard InChI is InChI=1S/C10H10BrNO3/c1-12-7-4-3-6(11)9(14-2)10(7)15-5-8(12)13/h3-4H,5H2,1-2H3. The van der Waals surface area contributed by atoms with Gasteiger partial charge in [-0.05, 0) is 28.1 Å². The molecule has 1 amide bonds. The third kappa shape index (κ3) is 1.56. The summed E-state index contributed by atoms with van der Waals surface area (Å²) in [5, 5.41) is 0. The van der Waals surface area contributed by atoms with Gasteiger partial charge in [0.1, 0.15) is 0 Å². The number of fused-ring (bicyclic) bond motifs is 1. The first kappa shape index (κ1) is 10.3. The zero-order valence-corrected chi connectivity index (χ0v) is 10.00. The Kier molecular flexibility index (Phi) is 2.56. The molecule has 0 saturated heterocycles. The molecule has 15 heavy (non-hydrogen) atoms. The van der Waals surface area contributed by atoms with Gasteiger partial charge in [0.05, 0.1) is 17.3 Å². The predicted octanol–water partition coefficient (Wildman–Crippen LogP) is 1.81. The molecule has 0 fully saturated rings. The van der Waals surface area contributed by atoms with Crippen LogP contribution >= 0.6 is 15.9 Å². The fourth-order valence-corrected chi connectivity index (χ4v) is 1.96. The summed E-state index contributed by atoms with van der Waals surface area (Å²) in [5.41, 5.74) is 0.728. The Morgan fingerprint density at radius 3 is 2.93 bits per heavy atom. The third-order valence-electron chi connectivity index (χ3n) is 2.32. The average Bonchev–Trinajstić information content (AvgIpc) is 2.23. The quantitative estimate of drug-likeness (QED) is 0.782. The number of benzene rings is 1. The molecule has 1 aliphatic rings. The van der Waals surface area contributed by atoms with Crippen LogP contribution < -0.4 is 14.4 Å². The van der Waals surface area contributed by atoms with Gasteiger partial charge < -0.3 is 14.4 Å². The number of halogens is 1. The van der Waals surface area contributed by atoms with Crippen molar-refractivity contribution < 1.29 is 14.3 Å². The van der Waals surface area contributed by atoms with Crippen LogP contribution in [0.1, 0.15) is 0 Å². The number of hydrogen-bond donors (Lipinski definition) is 0. The van der Waals surface area contributed by atoms with Crippen molar-refractivity contribution in [3.63, 3.8) is 0 Å². The minimum Gasteiger partial charge on any atom is -0.492 e. The van der Waals surface area contributed by atoms with Crippen LogP contribution in [0.4, 0.5) is 5.69 Å². The Hall–Kier alpha value is -1.23. The van der Waals surface area contributed by atoms with Crippen molar-refractivity contribution in [2.45, 2.75) is 0 Å². The lowest BCUT2D eigenvalue weighted by molar-refractivity contribution is -0.121. The SMILES string of the molecule is COc1c(Br)ccc2c1OCC(=O)N2C. The molecule has 0 radical (unpaired) electrons. The highest BCUT2D eigenvalue weighted by Gasteiger charge is 2.26. The van der Waals surface area contributed by atoms with E-state index in [1.807, 2.05) is 12.1 Å². The summed E-state index contributed by atoms with van der Waals surface area (Å²) in [6.45, 7) is 0.0519. The van der Waals surface area contributed by atoms with Gasteiger partial charge in [0.2, 0.25) is 0 Å². The number of rotatable bonds is 1. The Bertz CT molecular complexity index is 419. The van der Waals surface area contributed by atoms with Crippen molar-refractivity contribution >= 4 is 27.5 Å². The number of anilines is 1. The summed E-state index contributed by atoms with van der Waals surface area (Å²) >= 11 is 3.36. The molecular weight excluding hydrogens is 262 g/mol. The van der Waals surface area contributed by atoms with E-state index in [9.17, 15) is 4.79 Å². The van der Waals surface area contributed by atoms with Gasteiger partial charge >= 0.3 is 0 Å². The highest BCUT2D eigenvalue weighted by Crippen LogP contribution is 2.44. The average molecular weight is 272 g/mol. The zero-order valence-electron chi connectivity index (χ0n) is 8.41. The minimum absolute atomic E-state index is 0.0519. The lowest BCUT2D eigenvalue weighted by atomic mass is 10.2. The highest BCUT2D eigenvalue weighted by atomic mass is 79.9. The molecule has 0 bridgehead atoms. The van der Waals surface area contributed by atoms with E-state index in [2.05, 4.69) is 15.9 Å². The maximum atomic E-state index is 11.4. The van der Waals surface area contributed by atoms with Gasteiger partial charge in [0, 0.05) is 7.05 Å². The van der Waals surface area contributed by atoms with Crippen molar-refractivity contribution in [1.82, 2.24) is 0 Å². The number of carbonyl (C=O) groups excluding carboxylic acids is 1. The number of nitrogens with zero attached hydrogens (tertiary/aromatic N) is 1. The number of carbonyl (C=O) groups is 1. The van der Waals surface area contributed by atoms with Gasteiger partial charge in [-0.3, -0.25) is 4.79 Å². The molecule has 4 nitrogen and oxygen atoms in total. The van der Waals surface area contributed by atoms with Crippen LogP contribution in [-0.4, -0.2) is 26.7 Å². The van der Waals surface area contributed by atoms with Crippen LogP contribution in [0.2, 0.25) is 0 Å². The second kappa shape index (κ2) is 3.73. The smallest absolute Gasteiger partial charge is 0.264 e. The normalized spacial score (nSPS) is 14.6. The van der Waals surface area contributed by atoms with Crippen LogP contribution in [0.25, 0.3) is 0 Å². The second-order valence-electron chi connectivity index (χ2n) is 3.17. The Morgan fingerprint density at radius 2 is 2.27 bits per heavy atom. The van der Waals surface area contributed by atoms with Crippen molar-refractivity contribution in [2.75, 3.05) is 25.7 Å². The van der Waals surface area contributed by atoms with E-state index >= 15 is 0 Å². The van der Waals surface area contributed by atoms with Crippen LogP contribution in [-0.2, 0) is 4.79 Å². The molecule has 0 aromatic heterocycles. The van der Waals surface area contributed by atoms with Gasteiger partial charge in [0.15, 0.2) is 18.1 Å². The summed E-state index contributed by atoms with van der Waals surface area (Å²) < 4.78 is 11.4. The lowest BCUT2D eigenvalue weighted by Crippen LogP contribution is -2.35. The van der Waals surface area contributed by atoms with Gasteiger partial charge in [0.25, 0.3) is 5.91 Å². The van der Waals surface area contributed by atoms with Gasteiger partial charge in [-0.1, -0.05) is 0 Å². The largest absolute Gasteiger partial charge is 0.492 e. The number of hydrogen-bond acceptors (Lipinski definition) is 3. The topological polar surface area (TPSA) is 38.8 Å². The molecule has 0 saturated carbocycles. The predicted molar refractivity (Wildman–Crippen MR) is 59.6 cm³/mol.